The molecule has 0 saturated carbocycles. The lowest BCUT2D eigenvalue weighted by Gasteiger charge is -2.42. The van der Waals surface area contributed by atoms with Gasteiger partial charge in [-0.1, -0.05) is 0 Å². The van der Waals surface area contributed by atoms with Crippen molar-refractivity contribution in [3.8, 4) is 0 Å². The first-order chi connectivity index (χ1) is 8.09. The lowest BCUT2D eigenvalue weighted by Crippen LogP contribution is -2.55. The summed E-state index contributed by atoms with van der Waals surface area (Å²) < 4.78 is 0. The zero-order valence-corrected chi connectivity index (χ0v) is 11.1. The Balaban J connectivity index is 1.89. The van der Waals surface area contributed by atoms with E-state index in [1.165, 1.54) is 0 Å². The topological polar surface area (TPSA) is 49.6 Å². The second kappa shape index (κ2) is 5.36. The van der Waals surface area contributed by atoms with E-state index in [0.717, 1.165) is 45.3 Å². The molecule has 0 aromatic carbocycles. The van der Waals surface area contributed by atoms with E-state index in [-0.39, 0.29) is 11.9 Å². The van der Waals surface area contributed by atoms with Crippen LogP contribution in [0.2, 0.25) is 0 Å². The van der Waals surface area contributed by atoms with Crippen LogP contribution in [-0.4, -0.2) is 53.5 Å². The Morgan fingerprint density at radius 3 is 2.41 bits per heavy atom. The number of nitrogens with zero attached hydrogens (tertiary/aromatic N) is 2. The Bertz CT molecular complexity index is 272. The Kier molecular flexibility index (Phi) is 4.05. The first-order valence-electron chi connectivity index (χ1n) is 6.89. The molecule has 2 saturated heterocycles. The third-order valence-electron chi connectivity index (χ3n) is 4.18. The van der Waals surface area contributed by atoms with E-state index >= 15 is 0 Å². The van der Waals surface area contributed by atoms with Crippen LogP contribution in [0.4, 0.5) is 0 Å². The van der Waals surface area contributed by atoms with Gasteiger partial charge in [-0.25, -0.2) is 0 Å². The molecular formula is C13H25N3O. The summed E-state index contributed by atoms with van der Waals surface area (Å²) in [6, 6.07) is 0.811. The minimum Gasteiger partial charge on any atom is -0.338 e. The molecule has 98 valence electrons. The minimum absolute atomic E-state index is 0.180. The molecule has 2 rings (SSSR count). The van der Waals surface area contributed by atoms with Gasteiger partial charge in [0.15, 0.2) is 0 Å². The molecule has 0 bridgehead atoms. The fourth-order valence-electron chi connectivity index (χ4n) is 3.00. The molecule has 1 atom stereocenters. The van der Waals surface area contributed by atoms with Crippen molar-refractivity contribution in [1.82, 2.24) is 9.80 Å². The van der Waals surface area contributed by atoms with Crippen LogP contribution in [0.5, 0.6) is 0 Å². The molecule has 0 spiro atoms. The molecule has 0 radical (unpaired) electrons. The van der Waals surface area contributed by atoms with Gasteiger partial charge in [-0.2, -0.15) is 0 Å². The molecule has 0 aliphatic carbocycles. The molecule has 2 heterocycles. The summed E-state index contributed by atoms with van der Waals surface area (Å²) >= 11 is 0. The van der Waals surface area contributed by atoms with E-state index in [2.05, 4.69) is 18.7 Å². The Morgan fingerprint density at radius 2 is 1.82 bits per heavy atom. The van der Waals surface area contributed by atoms with E-state index in [1.807, 2.05) is 4.90 Å². The van der Waals surface area contributed by atoms with Crippen molar-refractivity contribution < 1.29 is 4.79 Å². The molecule has 2 aliphatic rings. The van der Waals surface area contributed by atoms with Crippen LogP contribution in [0.15, 0.2) is 0 Å². The van der Waals surface area contributed by atoms with Gasteiger partial charge in [-0.15, -0.1) is 0 Å². The van der Waals surface area contributed by atoms with Crippen molar-refractivity contribution in [2.45, 2.75) is 57.7 Å². The van der Waals surface area contributed by atoms with Gasteiger partial charge < -0.3 is 15.5 Å². The largest absolute Gasteiger partial charge is 0.338 e. The highest BCUT2D eigenvalue weighted by Gasteiger charge is 2.33. The zero-order valence-electron chi connectivity index (χ0n) is 11.1. The van der Waals surface area contributed by atoms with E-state index in [9.17, 15) is 4.79 Å². The Morgan fingerprint density at radius 1 is 1.18 bits per heavy atom. The molecule has 1 amide bonds. The number of carbonyl (C=O) groups is 1. The maximum Gasteiger partial charge on any atom is 0.239 e. The van der Waals surface area contributed by atoms with Gasteiger partial charge in [0.05, 0.1) is 6.04 Å². The molecule has 4 nitrogen and oxygen atoms in total. The lowest BCUT2D eigenvalue weighted by molar-refractivity contribution is -0.138. The molecule has 0 aromatic heterocycles. The lowest BCUT2D eigenvalue weighted by atomic mass is 9.97. The fourth-order valence-corrected chi connectivity index (χ4v) is 3.00. The summed E-state index contributed by atoms with van der Waals surface area (Å²) in [7, 11) is 0. The van der Waals surface area contributed by atoms with Gasteiger partial charge in [0.1, 0.15) is 0 Å². The van der Waals surface area contributed by atoms with E-state index in [1.54, 1.807) is 0 Å². The average Bonchev–Trinajstić information content (AvgIpc) is 2.33. The number of rotatable bonds is 2. The third-order valence-corrected chi connectivity index (χ3v) is 4.18. The first-order valence-corrected chi connectivity index (χ1v) is 6.89. The molecular weight excluding hydrogens is 214 g/mol. The van der Waals surface area contributed by atoms with Crippen molar-refractivity contribution in [2.75, 3.05) is 19.6 Å². The van der Waals surface area contributed by atoms with Crippen LogP contribution in [0, 0.1) is 0 Å². The number of hydrogen-bond donors (Lipinski definition) is 1. The Hall–Kier alpha value is -0.610. The highest BCUT2D eigenvalue weighted by atomic mass is 16.2. The van der Waals surface area contributed by atoms with Gasteiger partial charge in [-0.05, 0) is 39.5 Å². The van der Waals surface area contributed by atoms with Crippen molar-refractivity contribution in [3.05, 3.63) is 0 Å². The maximum atomic E-state index is 12.0. The summed E-state index contributed by atoms with van der Waals surface area (Å²) in [5.41, 5.74) is 5.85. The van der Waals surface area contributed by atoms with Crippen LogP contribution < -0.4 is 5.73 Å². The monoisotopic (exact) mass is 239 g/mol. The first kappa shape index (κ1) is 12.8. The minimum atomic E-state index is -0.244. The van der Waals surface area contributed by atoms with Crippen molar-refractivity contribution in [2.24, 2.45) is 5.73 Å². The van der Waals surface area contributed by atoms with Crippen molar-refractivity contribution in [1.29, 1.82) is 0 Å². The molecule has 2 fully saturated rings. The van der Waals surface area contributed by atoms with E-state index < -0.39 is 0 Å². The maximum absolute atomic E-state index is 12.0. The third kappa shape index (κ3) is 2.80. The van der Waals surface area contributed by atoms with Crippen molar-refractivity contribution in [3.63, 3.8) is 0 Å². The quantitative estimate of drug-likeness (QED) is 0.776. The molecule has 17 heavy (non-hydrogen) atoms. The summed E-state index contributed by atoms with van der Waals surface area (Å²) in [5, 5.41) is 0. The molecule has 1 unspecified atom stereocenters. The second-order valence-corrected chi connectivity index (χ2v) is 5.64. The van der Waals surface area contributed by atoms with Crippen LogP contribution in [0.25, 0.3) is 0 Å². The Labute approximate surface area is 104 Å². The number of amides is 1. The van der Waals surface area contributed by atoms with Crippen LogP contribution >= 0.6 is 0 Å². The molecule has 2 N–H and O–H groups in total. The number of likely N-dealkylation sites (tertiary alicyclic amines) is 2. The number of nitrogens with two attached hydrogens (primary N) is 1. The second-order valence-electron chi connectivity index (χ2n) is 5.64. The normalized spacial score (nSPS) is 29.1. The standard InChI is InChI=1S/C13H25N3O/c1-10(2)15-8-5-11(6-9-15)16-7-3-4-12(14)13(16)17/h10-12H,3-9,14H2,1-2H3. The highest BCUT2D eigenvalue weighted by Crippen LogP contribution is 2.22. The summed E-state index contributed by atoms with van der Waals surface area (Å²) in [5.74, 6) is 0.180. The van der Waals surface area contributed by atoms with Gasteiger partial charge in [0, 0.05) is 31.7 Å². The number of hydrogen-bond acceptors (Lipinski definition) is 3. The zero-order chi connectivity index (χ0) is 12.4. The SMILES string of the molecule is CC(C)N1CCC(N2CCCC(N)C2=O)CC1. The van der Waals surface area contributed by atoms with Gasteiger partial charge in [0.25, 0.3) is 0 Å². The summed E-state index contributed by atoms with van der Waals surface area (Å²) in [4.78, 5) is 16.6. The van der Waals surface area contributed by atoms with Crippen molar-refractivity contribution >= 4 is 5.91 Å². The van der Waals surface area contributed by atoms with Crippen LogP contribution in [0.3, 0.4) is 0 Å². The summed E-state index contributed by atoms with van der Waals surface area (Å²) in [6.45, 7) is 7.62. The predicted molar refractivity (Wildman–Crippen MR) is 68.7 cm³/mol. The summed E-state index contributed by atoms with van der Waals surface area (Å²) in [6.07, 6.45) is 4.14. The van der Waals surface area contributed by atoms with E-state index in [4.69, 9.17) is 5.73 Å². The van der Waals surface area contributed by atoms with Gasteiger partial charge in [0.2, 0.25) is 5.91 Å². The smallest absolute Gasteiger partial charge is 0.239 e. The molecule has 4 heteroatoms. The fraction of sp³-hybridized carbons (Fsp3) is 0.923. The number of piperidine rings is 2. The number of carbonyl (C=O) groups excluding carboxylic acids is 1. The van der Waals surface area contributed by atoms with Crippen LogP contribution in [-0.2, 0) is 4.79 Å². The molecule has 0 aromatic rings. The van der Waals surface area contributed by atoms with Crippen LogP contribution in [0.1, 0.15) is 39.5 Å². The average molecular weight is 239 g/mol. The van der Waals surface area contributed by atoms with E-state index in [0.29, 0.717) is 12.1 Å². The highest BCUT2D eigenvalue weighted by molar-refractivity contribution is 5.82. The molecule has 2 aliphatic heterocycles. The van der Waals surface area contributed by atoms with Gasteiger partial charge >= 0.3 is 0 Å². The predicted octanol–water partition coefficient (Wildman–Crippen LogP) is 0.809. The van der Waals surface area contributed by atoms with Gasteiger partial charge in [-0.3, -0.25) is 4.79 Å².